The number of benzene rings is 2. The zero-order valence-electron chi connectivity index (χ0n) is 18.7. The number of nitrogens with zero attached hydrogens (tertiary/aromatic N) is 3. The predicted molar refractivity (Wildman–Crippen MR) is 127 cm³/mol. The fraction of sp³-hybridized carbons (Fsp3) is 0.481. The predicted octanol–water partition coefficient (Wildman–Crippen LogP) is 3.05. The van der Waals surface area contributed by atoms with E-state index in [2.05, 4.69) is 70.0 Å². The van der Waals surface area contributed by atoms with Crippen LogP contribution < -0.4 is 0 Å². The molecule has 4 rings (SSSR count). The van der Waals surface area contributed by atoms with Crippen LogP contribution >= 0.6 is 0 Å². The van der Waals surface area contributed by atoms with Crippen molar-refractivity contribution in [3.8, 4) is 11.8 Å². The molecule has 1 atom stereocenters. The number of piperazine rings is 1. The van der Waals surface area contributed by atoms with Crippen molar-refractivity contribution >= 4 is 0 Å². The van der Waals surface area contributed by atoms with Crippen molar-refractivity contribution in [2.75, 3.05) is 46.4 Å². The van der Waals surface area contributed by atoms with Crippen molar-refractivity contribution < 1.29 is 5.11 Å². The minimum atomic E-state index is 0.265. The molecule has 2 fully saturated rings. The van der Waals surface area contributed by atoms with E-state index in [4.69, 9.17) is 0 Å². The SMILES string of the molecule is CN1CCC(N2CCN(Cc3ccccc3C#Cc3ccccc3)C[C@@H]2CCO)CC1. The Morgan fingerprint density at radius 2 is 1.65 bits per heavy atom. The number of likely N-dealkylation sites (tertiary alicyclic amines) is 1. The van der Waals surface area contributed by atoms with Gasteiger partial charge in [0.2, 0.25) is 0 Å². The van der Waals surface area contributed by atoms with E-state index in [9.17, 15) is 5.11 Å². The molecule has 0 bridgehead atoms. The molecule has 0 saturated carbocycles. The van der Waals surface area contributed by atoms with Gasteiger partial charge in [0.05, 0.1) is 0 Å². The average Bonchev–Trinajstić information content (AvgIpc) is 2.80. The third kappa shape index (κ3) is 5.96. The Kier molecular flexibility index (Phi) is 7.77. The van der Waals surface area contributed by atoms with Gasteiger partial charge in [-0.15, -0.1) is 0 Å². The standard InChI is InChI=1S/C27H35N3O/c1-28-16-13-26(14-17-28)30-19-18-29(22-27(30)15-20-31)21-25-10-6-5-9-24(25)12-11-23-7-3-2-4-8-23/h2-10,26-27,31H,13-22H2,1H3/t27-/m0/s1. The summed E-state index contributed by atoms with van der Waals surface area (Å²) in [6.45, 7) is 6.75. The number of piperidine rings is 1. The first kappa shape index (κ1) is 22.0. The largest absolute Gasteiger partial charge is 0.396 e. The molecule has 0 spiro atoms. The van der Waals surface area contributed by atoms with Gasteiger partial charge in [0, 0.05) is 56.0 Å². The Labute approximate surface area is 187 Å². The van der Waals surface area contributed by atoms with E-state index in [1.54, 1.807) is 0 Å². The van der Waals surface area contributed by atoms with E-state index in [-0.39, 0.29) is 6.61 Å². The summed E-state index contributed by atoms with van der Waals surface area (Å²) < 4.78 is 0. The first-order valence-corrected chi connectivity index (χ1v) is 11.7. The van der Waals surface area contributed by atoms with Gasteiger partial charge in [-0.05, 0) is 63.2 Å². The van der Waals surface area contributed by atoms with Gasteiger partial charge in [0.1, 0.15) is 0 Å². The lowest BCUT2D eigenvalue weighted by atomic mass is 9.98. The summed E-state index contributed by atoms with van der Waals surface area (Å²) in [5.74, 6) is 6.70. The van der Waals surface area contributed by atoms with Crippen LogP contribution in [-0.2, 0) is 6.54 Å². The second-order valence-corrected chi connectivity index (χ2v) is 8.95. The van der Waals surface area contributed by atoms with Crippen LogP contribution in [0.4, 0.5) is 0 Å². The fourth-order valence-electron chi connectivity index (χ4n) is 4.97. The molecule has 0 amide bonds. The molecule has 0 unspecified atom stereocenters. The monoisotopic (exact) mass is 417 g/mol. The highest BCUT2D eigenvalue weighted by Crippen LogP contribution is 2.24. The van der Waals surface area contributed by atoms with Gasteiger partial charge in [0.15, 0.2) is 0 Å². The number of hydrogen-bond donors (Lipinski definition) is 1. The molecule has 2 aromatic carbocycles. The zero-order chi connectivity index (χ0) is 21.5. The Morgan fingerprint density at radius 1 is 0.903 bits per heavy atom. The summed E-state index contributed by atoms with van der Waals surface area (Å²) >= 11 is 0. The minimum Gasteiger partial charge on any atom is -0.396 e. The van der Waals surface area contributed by atoms with Crippen molar-refractivity contribution in [3.63, 3.8) is 0 Å². The second kappa shape index (κ2) is 10.9. The molecule has 2 aromatic rings. The van der Waals surface area contributed by atoms with Crippen LogP contribution in [0.5, 0.6) is 0 Å². The molecule has 2 saturated heterocycles. The van der Waals surface area contributed by atoms with Crippen LogP contribution in [0.15, 0.2) is 54.6 Å². The normalized spacial score (nSPS) is 21.5. The van der Waals surface area contributed by atoms with Gasteiger partial charge in [0.25, 0.3) is 0 Å². The molecule has 164 valence electrons. The lowest BCUT2D eigenvalue weighted by Gasteiger charge is -2.47. The topological polar surface area (TPSA) is 30.0 Å². The van der Waals surface area contributed by atoms with Gasteiger partial charge in [-0.25, -0.2) is 0 Å². The van der Waals surface area contributed by atoms with Crippen molar-refractivity contribution in [1.82, 2.24) is 14.7 Å². The van der Waals surface area contributed by atoms with Crippen LogP contribution in [0.3, 0.4) is 0 Å². The summed E-state index contributed by atoms with van der Waals surface area (Å²) in [6, 6.07) is 19.8. The summed E-state index contributed by atoms with van der Waals surface area (Å²) in [5.41, 5.74) is 3.45. The Morgan fingerprint density at radius 3 is 2.42 bits per heavy atom. The minimum absolute atomic E-state index is 0.265. The highest BCUT2D eigenvalue weighted by Gasteiger charge is 2.33. The third-order valence-electron chi connectivity index (χ3n) is 6.76. The van der Waals surface area contributed by atoms with Crippen LogP contribution in [-0.4, -0.2) is 78.3 Å². The van der Waals surface area contributed by atoms with Crippen LogP contribution in [0.1, 0.15) is 36.0 Å². The molecule has 2 aliphatic rings. The lowest BCUT2D eigenvalue weighted by Crippen LogP contribution is -2.58. The van der Waals surface area contributed by atoms with Gasteiger partial charge < -0.3 is 10.0 Å². The van der Waals surface area contributed by atoms with Crippen LogP contribution in [0.25, 0.3) is 0 Å². The molecule has 2 heterocycles. The average molecular weight is 418 g/mol. The Hall–Kier alpha value is -2.16. The summed E-state index contributed by atoms with van der Waals surface area (Å²) in [5, 5.41) is 9.70. The number of hydrogen-bond acceptors (Lipinski definition) is 4. The maximum atomic E-state index is 9.70. The highest BCUT2D eigenvalue weighted by atomic mass is 16.3. The lowest BCUT2D eigenvalue weighted by molar-refractivity contribution is 0.00598. The first-order valence-electron chi connectivity index (χ1n) is 11.7. The molecule has 0 aliphatic carbocycles. The maximum absolute atomic E-state index is 9.70. The highest BCUT2D eigenvalue weighted by molar-refractivity contribution is 5.46. The first-order chi connectivity index (χ1) is 15.2. The van der Waals surface area contributed by atoms with E-state index < -0.39 is 0 Å². The van der Waals surface area contributed by atoms with E-state index >= 15 is 0 Å². The van der Waals surface area contributed by atoms with E-state index in [0.29, 0.717) is 12.1 Å². The van der Waals surface area contributed by atoms with Crippen LogP contribution in [0.2, 0.25) is 0 Å². The molecule has 4 heteroatoms. The molecule has 31 heavy (non-hydrogen) atoms. The third-order valence-corrected chi connectivity index (χ3v) is 6.76. The summed E-state index contributed by atoms with van der Waals surface area (Å²) in [6.07, 6.45) is 3.35. The quantitative estimate of drug-likeness (QED) is 0.758. The molecule has 1 N–H and O–H groups in total. The van der Waals surface area contributed by atoms with Crippen molar-refractivity contribution in [2.24, 2.45) is 0 Å². The van der Waals surface area contributed by atoms with Gasteiger partial charge in [-0.1, -0.05) is 48.2 Å². The van der Waals surface area contributed by atoms with Crippen molar-refractivity contribution in [2.45, 2.75) is 37.9 Å². The number of rotatable bonds is 5. The molecular formula is C27H35N3O. The maximum Gasteiger partial charge on any atom is 0.0446 e. The molecular weight excluding hydrogens is 382 g/mol. The smallest absolute Gasteiger partial charge is 0.0446 e. The van der Waals surface area contributed by atoms with Crippen molar-refractivity contribution in [1.29, 1.82) is 0 Å². The fourth-order valence-corrected chi connectivity index (χ4v) is 4.97. The van der Waals surface area contributed by atoms with E-state index in [0.717, 1.165) is 43.7 Å². The Bertz CT molecular complexity index is 880. The molecule has 0 radical (unpaired) electrons. The summed E-state index contributed by atoms with van der Waals surface area (Å²) in [7, 11) is 2.22. The molecule has 0 aromatic heterocycles. The number of aliphatic hydroxyl groups is 1. The molecule has 2 aliphatic heterocycles. The van der Waals surface area contributed by atoms with Crippen LogP contribution in [0, 0.1) is 11.8 Å². The van der Waals surface area contributed by atoms with Gasteiger partial charge >= 0.3 is 0 Å². The zero-order valence-corrected chi connectivity index (χ0v) is 18.7. The molecule has 4 nitrogen and oxygen atoms in total. The van der Waals surface area contributed by atoms with E-state index in [1.807, 2.05) is 18.2 Å². The van der Waals surface area contributed by atoms with Gasteiger partial charge in [-0.2, -0.15) is 0 Å². The summed E-state index contributed by atoms with van der Waals surface area (Å²) in [4.78, 5) is 7.68. The van der Waals surface area contributed by atoms with Crippen molar-refractivity contribution in [3.05, 3.63) is 71.3 Å². The number of aliphatic hydroxyl groups excluding tert-OH is 1. The second-order valence-electron chi connectivity index (χ2n) is 8.95. The van der Waals surface area contributed by atoms with E-state index in [1.165, 1.54) is 31.5 Å². The van der Waals surface area contributed by atoms with Gasteiger partial charge in [-0.3, -0.25) is 9.80 Å². The Balaban J connectivity index is 1.43.